The Morgan fingerprint density at radius 1 is 1.29 bits per heavy atom. The molecule has 1 aromatic heterocycles. The number of rotatable bonds is 4. The highest BCUT2D eigenvalue weighted by atomic mass is 16.5. The predicted molar refractivity (Wildman–Crippen MR) is 83.5 cm³/mol. The van der Waals surface area contributed by atoms with Crippen LogP contribution in [0.3, 0.4) is 0 Å². The molecule has 1 aliphatic carbocycles. The summed E-state index contributed by atoms with van der Waals surface area (Å²) in [7, 11) is 1.66. The molecule has 1 aromatic carbocycles. The minimum atomic E-state index is 0.0882. The Morgan fingerprint density at radius 2 is 2.10 bits per heavy atom. The van der Waals surface area contributed by atoms with Crippen LogP contribution >= 0.6 is 0 Å². The van der Waals surface area contributed by atoms with Crippen molar-refractivity contribution in [3.05, 3.63) is 30.5 Å². The summed E-state index contributed by atoms with van der Waals surface area (Å²) in [5.74, 6) is 0.897. The number of aromatic nitrogens is 1. The van der Waals surface area contributed by atoms with Gasteiger partial charge in [-0.05, 0) is 25.0 Å². The molecular weight excluding hydrogens is 264 g/mol. The van der Waals surface area contributed by atoms with Crippen molar-refractivity contribution in [2.75, 3.05) is 7.11 Å². The fourth-order valence-corrected chi connectivity index (χ4v) is 3.20. The van der Waals surface area contributed by atoms with Gasteiger partial charge in [-0.1, -0.05) is 31.4 Å². The van der Waals surface area contributed by atoms with Crippen LogP contribution in [0.4, 0.5) is 0 Å². The molecule has 1 N–H and O–H groups in total. The lowest BCUT2D eigenvalue weighted by atomic mass is 9.95. The number of ether oxygens (including phenoxy) is 1. The van der Waals surface area contributed by atoms with E-state index in [0.29, 0.717) is 12.6 Å². The fraction of sp³-hybridized carbons (Fsp3) is 0.471. The Hall–Kier alpha value is -1.97. The molecule has 4 heteroatoms. The lowest BCUT2D eigenvalue weighted by molar-refractivity contribution is -0.122. The van der Waals surface area contributed by atoms with Crippen molar-refractivity contribution >= 4 is 16.8 Å². The van der Waals surface area contributed by atoms with Crippen LogP contribution in [0.15, 0.2) is 30.5 Å². The molecule has 1 heterocycles. The van der Waals surface area contributed by atoms with Crippen molar-refractivity contribution in [3.8, 4) is 5.75 Å². The van der Waals surface area contributed by atoms with Gasteiger partial charge in [0.25, 0.3) is 0 Å². The quantitative estimate of drug-likeness (QED) is 0.938. The molecule has 1 saturated carbocycles. The first-order chi connectivity index (χ1) is 10.3. The second-order valence-corrected chi connectivity index (χ2v) is 5.74. The van der Waals surface area contributed by atoms with Crippen LogP contribution in [0.1, 0.15) is 32.1 Å². The smallest absolute Gasteiger partial charge is 0.240 e. The molecule has 0 spiro atoms. The van der Waals surface area contributed by atoms with Gasteiger partial charge in [-0.15, -0.1) is 0 Å². The second kappa shape index (κ2) is 6.20. The van der Waals surface area contributed by atoms with Gasteiger partial charge in [-0.3, -0.25) is 4.79 Å². The number of fused-ring (bicyclic) bond motifs is 1. The third-order valence-electron chi connectivity index (χ3n) is 4.26. The van der Waals surface area contributed by atoms with Crippen LogP contribution in [-0.4, -0.2) is 23.6 Å². The van der Waals surface area contributed by atoms with E-state index < -0.39 is 0 Å². The molecule has 1 aliphatic rings. The van der Waals surface area contributed by atoms with Gasteiger partial charge >= 0.3 is 0 Å². The molecular formula is C17H22N2O2. The zero-order valence-electron chi connectivity index (χ0n) is 12.5. The van der Waals surface area contributed by atoms with Gasteiger partial charge in [0.1, 0.15) is 12.3 Å². The summed E-state index contributed by atoms with van der Waals surface area (Å²) >= 11 is 0. The first-order valence-electron chi connectivity index (χ1n) is 7.69. The topological polar surface area (TPSA) is 43.3 Å². The van der Waals surface area contributed by atoms with Gasteiger partial charge in [0.05, 0.1) is 12.6 Å². The molecule has 1 amide bonds. The highest BCUT2D eigenvalue weighted by Gasteiger charge is 2.16. The zero-order valence-corrected chi connectivity index (χ0v) is 12.5. The summed E-state index contributed by atoms with van der Waals surface area (Å²) in [5, 5.41) is 4.26. The Bertz CT molecular complexity index is 627. The van der Waals surface area contributed by atoms with E-state index in [0.717, 1.165) is 29.5 Å². The maximum Gasteiger partial charge on any atom is 0.240 e. The number of para-hydroxylation sites is 1. The van der Waals surface area contributed by atoms with Crippen molar-refractivity contribution in [1.29, 1.82) is 0 Å². The Kier molecular flexibility index (Phi) is 4.13. The average Bonchev–Trinajstić information content (AvgIpc) is 2.91. The molecule has 0 atom stereocenters. The Balaban J connectivity index is 1.73. The number of benzene rings is 1. The Morgan fingerprint density at radius 3 is 2.86 bits per heavy atom. The molecule has 0 aliphatic heterocycles. The standard InChI is InChI=1S/C17H22N2O2/c1-21-15-9-5-6-13-10-11-19(17(13)15)12-16(20)18-14-7-3-2-4-8-14/h5-6,9-11,14H,2-4,7-8,12H2,1H3,(H,18,20). The van der Waals surface area contributed by atoms with Crippen LogP contribution in [-0.2, 0) is 11.3 Å². The van der Waals surface area contributed by atoms with E-state index in [1.54, 1.807) is 7.11 Å². The zero-order chi connectivity index (χ0) is 14.7. The van der Waals surface area contributed by atoms with E-state index in [1.807, 2.05) is 35.0 Å². The molecule has 2 aromatic rings. The normalized spacial score (nSPS) is 16.0. The van der Waals surface area contributed by atoms with E-state index in [9.17, 15) is 4.79 Å². The fourth-order valence-electron chi connectivity index (χ4n) is 3.20. The van der Waals surface area contributed by atoms with Gasteiger partial charge in [0, 0.05) is 17.6 Å². The summed E-state index contributed by atoms with van der Waals surface area (Å²) < 4.78 is 7.37. The van der Waals surface area contributed by atoms with E-state index in [-0.39, 0.29) is 5.91 Å². The first-order valence-corrected chi connectivity index (χ1v) is 7.69. The van der Waals surface area contributed by atoms with Crippen LogP contribution < -0.4 is 10.1 Å². The number of carbonyl (C=O) groups excluding carboxylic acids is 1. The van der Waals surface area contributed by atoms with E-state index in [4.69, 9.17) is 4.74 Å². The number of hydrogen-bond acceptors (Lipinski definition) is 2. The highest BCUT2D eigenvalue weighted by molar-refractivity contribution is 5.87. The molecule has 0 radical (unpaired) electrons. The van der Waals surface area contributed by atoms with Crippen molar-refractivity contribution < 1.29 is 9.53 Å². The van der Waals surface area contributed by atoms with Crippen LogP contribution in [0, 0.1) is 0 Å². The molecule has 0 saturated heterocycles. The van der Waals surface area contributed by atoms with Gasteiger partial charge in [-0.25, -0.2) is 0 Å². The maximum atomic E-state index is 12.2. The van der Waals surface area contributed by atoms with E-state index in [1.165, 1.54) is 19.3 Å². The number of hydrogen-bond donors (Lipinski definition) is 1. The number of nitrogens with zero attached hydrogens (tertiary/aromatic N) is 1. The summed E-state index contributed by atoms with van der Waals surface area (Å²) in [6, 6.07) is 8.31. The largest absolute Gasteiger partial charge is 0.495 e. The molecule has 3 rings (SSSR count). The lowest BCUT2D eigenvalue weighted by Gasteiger charge is -2.23. The average molecular weight is 286 g/mol. The van der Waals surface area contributed by atoms with Crippen LogP contribution in [0.5, 0.6) is 5.75 Å². The monoisotopic (exact) mass is 286 g/mol. The van der Waals surface area contributed by atoms with Gasteiger partial charge < -0.3 is 14.6 Å². The summed E-state index contributed by atoms with van der Waals surface area (Å²) in [6.07, 6.45) is 7.93. The number of methoxy groups -OCH3 is 1. The second-order valence-electron chi connectivity index (χ2n) is 5.74. The number of nitrogens with one attached hydrogen (secondary N) is 1. The Labute approximate surface area is 125 Å². The van der Waals surface area contributed by atoms with Gasteiger partial charge in [0.2, 0.25) is 5.91 Å². The van der Waals surface area contributed by atoms with Crippen LogP contribution in [0.2, 0.25) is 0 Å². The van der Waals surface area contributed by atoms with E-state index >= 15 is 0 Å². The van der Waals surface area contributed by atoms with Crippen molar-refractivity contribution in [2.45, 2.75) is 44.7 Å². The van der Waals surface area contributed by atoms with Gasteiger partial charge in [-0.2, -0.15) is 0 Å². The minimum absolute atomic E-state index is 0.0882. The van der Waals surface area contributed by atoms with Gasteiger partial charge in [0.15, 0.2) is 0 Å². The third kappa shape index (κ3) is 3.04. The van der Waals surface area contributed by atoms with Crippen LogP contribution in [0.25, 0.3) is 10.9 Å². The number of amides is 1. The maximum absolute atomic E-state index is 12.2. The molecule has 4 nitrogen and oxygen atoms in total. The molecule has 112 valence electrons. The molecule has 1 fully saturated rings. The SMILES string of the molecule is COc1cccc2ccn(CC(=O)NC3CCCCC3)c12. The van der Waals surface area contributed by atoms with Crippen molar-refractivity contribution in [3.63, 3.8) is 0 Å². The lowest BCUT2D eigenvalue weighted by Crippen LogP contribution is -2.38. The summed E-state index contributed by atoms with van der Waals surface area (Å²) in [4.78, 5) is 12.2. The number of carbonyl (C=O) groups is 1. The molecule has 0 unspecified atom stereocenters. The summed E-state index contributed by atoms with van der Waals surface area (Å²) in [5.41, 5.74) is 0.985. The minimum Gasteiger partial charge on any atom is -0.495 e. The molecule has 21 heavy (non-hydrogen) atoms. The third-order valence-corrected chi connectivity index (χ3v) is 4.26. The van der Waals surface area contributed by atoms with Crippen molar-refractivity contribution in [1.82, 2.24) is 9.88 Å². The highest BCUT2D eigenvalue weighted by Crippen LogP contribution is 2.26. The van der Waals surface area contributed by atoms with Crippen molar-refractivity contribution in [2.24, 2.45) is 0 Å². The predicted octanol–water partition coefficient (Wildman–Crippen LogP) is 3.10. The first kappa shape index (κ1) is 14.0. The summed E-state index contributed by atoms with van der Waals surface area (Å²) in [6.45, 7) is 0.348. The molecule has 0 bridgehead atoms. The van der Waals surface area contributed by atoms with E-state index in [2.05, 4.69) is 5.32 Å².